The molecular weight excluding hydrogens is 344 g/mol. The van der Waals surface area contributed by atoms with Gasteiger partial charge in [-0.25, -0.2) is 0 Å². The standard InChI is InChI=1S/C25H28N2O/c1-19-14-16-23(17-15-19)25(22-12-8-5-9-13-22)26-18-24(28)27(3)20(2)21-10-6-4-7-11-21/h4-17,20,25-26H,18H2,1-3H3/t20-,25-/m1/s1. The van der Waals surface area contributed by atoms with Gasteiger partial charge in [-0.1, -0.05) is 90.5 Å². The zero-order valence-corrected chi connectivity index (χ0v) is 16.8. The van der Waals surface area contributed by atoms with Crippen molar-refractivity contribution in [3.05, 3.63) is 107 Å². The third-order valence-electron chi connectivity index (χ3n) is 5.26. The molecule has 0 aliphatic rings. The molecule has 0 spiro atoms. The number of rotatable bonds is 7. The van der Waals surface area contributed by atoms with Crippen LogP contribution in [0.25, 0.3) is 0 Å². The lowest BCUT2D eigenvalue weighted by Crippen LogP contribution is -2.38. The van der Waals surface area contributed by atoms with Crippen molar-refractivity contribution in [2.75, 3.05) is 13.6 Å². The number of nitrogens with zero attached hydrogens (tertiary/aromatic N) is 1. The highest BCUT2D eigenvalue weighted by molar-refractivity contribution is 5.78. The van der Waals surface area contributed by atoms with E-state index in [2.05, 4.69) is 67.7 Å². The Morgan fingerprint density at radius 2 is 1.32 bits per heavy atom. The minimum atomic E-state index is -0.0221. The van der Waals surface area contributed by atoms with E-state index in [0.717, 1.165) is 16.7 Å². The summed E-state index contributed by atoms with van der Waals surface area (Å²) in [5.74, 6) is 0.0735. The Labute approximate surface area is 168 Å². The summed E-state index contributed by atoms with van der Waals surface area (Å²) in [5, 5.41) is 3.47. The normalized spacial score (nSPS) is 13.0. The Kier molecular flexibility index (Phi) is 6.62. The number of carbonyl (C=O) groups is 1. The molecule has 1 amide bonds. The van der Waals surface area contributed by atoms with Crippen molar-refractivity contribution < 1.29 is 4.79 Å². The van der Waals surface area contributed by atoms with Crippen molar-refractivity contribution >= 4 is 5.91 Å². The monoisotopic (exact) mass is 372 g/mol. The van der Waals surface area contributed by atoms with Crippen molar-refractivity contribution in [2.24, 2.45) is 0 Å². The second-order valence-corrected chi connectivity index (χ2v) is 7.23. The molecule has 0 saturated carbocycles. The second-order valence-electron chi connectivity index (χ2n) is 7.23. The van der Waals surface area contributed by atoms with Gasteiger partial charge in [0.25, 0.3) is 0 Å². The van der Waals surface area contributed by atoms with E-state index in [9.17, 15) is 4.79 Å². The minimum absolute atomic E-state index is 0.0221. The molecule has 3 aromatic carbocycles. The molecule has 0 aliphatic carbocycles. The van der Waals surface area contributed by atoms with Gasteiger partial charge in [0.15, 0.2) is 0 Å². The van der Waals surface area contributed by atoms with Crippen LogP contribution in [0.15, 0.2) is 84.9 Å². The fourth-order valence-corrected chi connectivity index (χ4v) is 3.32. The van der Waals surface area contributed by atoms with Crippen LogP contribution in [-0.4, -0.2) is 24.4 Å². The SMILES string of the molecule is Cc1ccc([C@H](NCC(=O)N(C)[C@H](C)c2ccccc2)c2ccccc2)cc1. The minimum Gasteiger partial charge on any atom is -0.338 e. The number of hydrogen-bond acceptors (Lipinski definition) is 2. The van der Waals surface area contributed by atoms with Crippen LogP contribution in [0.5, 0.6) is 0 Å². The molecule has 1 N–H and O–H groups in total. The van der Waals surface area contributed by atoms with Gasteiger partial charge in [0.1, 0.15) is 0 Å². The maximum atomic E-state index is 12.8. The Balaban J connectivity index is 1.72. The average Bonchev–Trinajstić information content (AvgIpc) is 2.75. The fraction of sp³-hybridized carbons (Fsp3) is 0.240. The topological polar surface area (TPSA) is 32.3 Å². The third-order valence-corrected chi connectivity index (χ3v) is 5.26. The quantitative estimate of drug-likeness (QED) is 0.640. The summed E-state index contributed by atoms with van der Waals surface area (Å²) in [4.78, 5) is 14.6. The molecular formula is C25H28N2O. The van der Waals surface area contributed by atoms with Crippen molar-refractivity contribution in [2.45, 2.75) is 25.9 Å². The first kappa shape index (κ1) is 19.8. The average molecular weight is 373 g/mol. The first-order valence-corrected chi connectivity index (χ1v) is 9.72. The predicted molar refractivity (Wildman–Crippen MR) is 115 cm³/mol. The number of likely N-dealkylation sites (N-methyl/N-ethyl adjacent to an activating group) is 1. The molecule has 0 unspecified atom stereocenters. The van der Waals surface area contributed by atoms with Crippen molar-refractivity contribution in [3.63, 3.8) is 0 Å². The van der Waals surface area contributed by atoms with Crippen LogP contribution in [0.3, 0.4) is 0 Å². The lowest BCUT2D eigenvalue weighted by Gasteiger charge is -2.27. The number of nitrogens with one attached hydrogen (secondary N) is 1. The van der Waals surface area contributed by atoms with E-state index in [4.69, 9.17) is 0 Å². The maximum Gasteiger partial charge on any atom is 0.236 e. The molecule has 3 nitrogen and oxygen atoms in total. The van der Waals surface area contributed by atoms with Crippen molar-refractivity contribution in [1.82, 2.24) is 10.2 Å². The summed E-state index contributed by atoms with van der Waals surface area (Å²) in [6.45, 7) is 4.42. The van der Waals surface area contributed by atoms with Gasteiger partial charge in [0.2, 0.25) is 5.91 Å². The van der Waals surface area contributed by atoms with Crippen LogP contribution in [-0.2, 0) is 4.79 Å². The van der Waals surface area contributed by atoms with E-state index in [-0.39, 0.29) is 24.5 Å². The van der Waals surface area contributed by atoms with Crippen LogP contribution in [0.2, 0.25) is 0 Å². The Bertz CT molecular complexity index is 875. The van der Waals surface area contributed by atoms with Crippen LogP contribution < -0.4 is 5.32 Å². The van der Waals surface area contributed by atoms with Gasteiger partial charge >= 0.3 is 0 Å². The summed E-state index contributed by atoms with van der Waals surface area (Å²) >= 11 is 0. The Morgan fingerprint density at radius 3 is 1.89 bits per heavy atom. The first-order chi connectivity index (χ1) is 13.6. The zero-order chi connectivity index (χ0) is 19.9. The lowest BCUT2D eigenvalue weighted by molar-refractivity contribution is -0.130. The van der Waals surface area contributed by atoms with Gasteiger partial charge in [-0.2, -0.15) is 0 Å². The molecule has 0 heterocycles. The maximum absolute atomic E-state index is 12.8. The first-order valence-electron chi connectivity index (χ1n) is 9.72. The molecule has 144 valence electrons. The zero-order valence-electron chi connectivity index (χ0n) is 16.8. The summed E-state index contributed by atoms with van der Waals surface area (Å²) in [6, 6.07) is 28.9. The highest BCUT2D eigenvalue weighted by Crippen LogP contribution is 2.23. The molecule has 0 aliphatic heterocycles. The lowest BCUT2D eigenvalue weighted by atomic mass is 9.98. The number of aryl methyl sites for hydroxylation is 1. The molecule has 0 aromatic heterocycles. The summed E-state index contributed by atoms with van der Waals surface area (Å²) in [6.07, 6.45) is 0. The number of hydrogen-bond donors (Lipinski definition) is 1. The predicted octanol–water partition coefficient (Wildman–Crippen LogP) is 4.89. The molecule has 28 heavy (non-hydrogen) atoms. The Morgan fingerprint density at radius 1 is 0.821 bits per heavy atom. The molecule has 0 bridgehead atoms. The Hall–Kier alpha value is -2.91. The molecule has 3 heteroatoms. The van der Waals surface area contributed by atoms with E-state index < -0.39 is 0 Å². The van der Waals surface area contributed by atoms with Gasteiger partial charge in [0.05, 0.1) is 18.6 Å². The van der Waals surface area contributed by atoms with Crippen LogP contribution >= 0.6 is 0 Å². The molecule has 0 saturated heterocycles. The van der Waals surface area contributed by atoms with E-state index in [1.807, 2.05) is 43.4 Å². The van der Waals surface area contributed by atoms with E-state index in [1.165, 1.54) is 5.56 Å². The van der Waals surface area contributed by atoms with Crippen molar-refractivity contribution in [1.29, 1.82) is 0 Å². The second kappa shape index (κ2) is 9.34. The molecule has 3 rings (SSSR count). The van der Waals surface area contributed by atoms with Gasteiger partial charge < -0.3 is 4.90 Å². The molecule has 0 radical (unpaired) electrons. The van der Waals surface area contributed by atoms with Crippen LogP contribution in [0.1, 0.15) is 41.3 Å². The van der Waals surface area contributed by atoms with Gasteiger partial charge in [-0.3, -0.25) is 10.1 Å². The van der Waals surface area contributed by atoms with Gasteiger partial charge in [-0.15, -0.1) is 0 Å². The highest BCUT2D eigenvalue weighted by atomic mass is 16.2. The van der Waals surface area contributed by atoms with E-state index in [0.29, 0.717) is 0 Å². The van der Waals surface area contributed by atoms with E-state index >= 15 is 0 Å². The largest absolute Gasteiger partial charge is 0.338 e. The van der Waals surface area contributed by atoms with Gasteiger partial charge in [-0.05, 0) is 30.5 Å². The smallest absolute Gasteiger partial charge is 0.236 e. The molecule has 2 atom stereocenters. The highest BCUT2D eigenvalue weighted by Gasteiger charge is 2.20. The van der Waals surface area contributed by atoms with E-state index in [1.54, 1.807) is 4.90 Å². The number of benzene rings is 3. The summed E-state index contributed by atoms with van der Waals surface area (Å²) < 4.78 is 0. The fourth-order valence-electron chi connectivity index (χ4n) is 3.32. The molecule has 0 fully saturated rings. The summed E-state index contributed by atoms with van der Waals surface area (Å²) in [7, 11) is 1.87. The van der Waals surface area contributed by atoms with Crippen molar-refractivity contribution in [3.8, 4) is 0 Å². The van der Waals surface area contributed by atoms with Crippen LogP contribution in [0, 0.1) is 6.92 Å². The summed E-state index contributed by atoms with van der Waals surface area (Å²) in [5.41, 5.74) is 4.67. The van der Waals surface area contributed by atoms with Gasteiger partial charge in [0, 0.05) is 7.05 Å². The number of amides is 1. The molecule has 3 aromatic rings. The number of carbonyl (C=O) groups excluding carboxylic acids is 1. The third kappa shape index (κ3) is 4.87. The van der Waals surface area contributed by atoms with Crippen LogP contribution in [0.4, 0.5) is 0 Å².